The van der Waals surface area contributed by atoms with Gasteiger partial charge in [0, 0.05) is 6.42 Å². The van der Waals surface area contributed by atoms with Crippen LogP contribution in [0.25, 0.3) is 0 Å². The summed E-state index contributed by atoms with van der Waals surface area (Å²) in [5.74, 6) is -2.53. The van der Waals surface area contributed by atoms with Gasteiger partial charge in [-0.3, -0.25) is 10.2 Å². The highest BCUT2D eigenvalue weighted by Gasteiger charge is 2.38. The number of carbonyl (C=O) groups excluding carboxylic acids is 1. The standard InChI is InChI=1S/C7H12F3N3O/c8-7(9,10)6(14)13-5(12)3-1-2-4-11/h1-4,11H2,(H2,12,13,14). The zero-order valence-electron chi connectivity index (χ0n) is 7.45. The summed E-state index contributed by atoms with van der Waals surface area (Å²) in [6.45, 7) is 0.417. The van der Waals surface area contributed by atoms with Crippen LogP contribution < -0.4 is 11.1 Å². The van der Waals surface area contributed by atoms with Crippen molar-refractivity contribution in [2.24, 2.45) is 5.73 Å². The molecule has 0 radical (unpaired) electrons. The molecule has 0 atom stereocenters. The van der Waals surface area contributed by atoms with Gasteiger partial charge in [-0.2, -0.15) is 13.2 Å². The second kappa shape index (κ2) is 5.58. The van der Waals surface area contributed by atoms with Crippen LogP contribution in [-0.2, 0) is 4.79 Å². The molecule has 0 spiro atoms. The molecule has 4 N–H and O–H groups in total. The Morgan fingerprint density at radius 3 is 2.36 bits per heavy atom. The molecule has 0 aliphatic carbocycles. The molecule has 0 saturated heterocycles. The SMILES string of the molecule is N=C(CCCCN)NC(=O)C(F)(F)F. The van der Waals surface area contributed by atoms with Gasteiger partial charge in [-0.1, -0.05) is 0 Å². The summed E-state index contributed by atoms with van der Waals surface area (Å²) in [6, 6.07) is 0. The molecular weight excluding hydrogens is 199 g/mol. The molecule has 0 aliphatic rings. The first kappa shape index (κ1) is 12.9. The van der Waals surface area contributed by atoms with E-state index in [1.165, 1.54) is 5.32 Å². The largest absolute Gasteiger partial charge is 0.471 e. The van der Waals surface area contributed by atoms with Crippen LogP contribution >= 0.6 is 0 Å². The molecule has 0 aromatic rings. The van der Waals surface area contributed by atoms with E-state index in [0.717, 1.165) is 0 Å². The normalized spacial score (nSPS) is 11.1. The van der Waals surface area contributed by atoms with Gasteiger partial charge in [0.05, 0.1) is 5.84 Å². The summed E-state index contributed by atoms with van der Waals surface area (Å²) >= 11 is 0. The smallest absolute Gasteiger partial charge is 0.330 e. The lowest BCUT2D eigenvalue weighted by Gasteiger charge is -2.08. The van der Waals surface area contributed by atoms with Crippen LogP contribution in [0.5, 0.6) is 0 Å². The monoisotopic (exact) mass is 211 g/mol. The van der Waals surface area contributed by atoms with E-state index in [-0.39, 0.29) is 6.42 Å². The van der Waals surface area contributed by atoms with Crippen LogP contribution in [-0.4, -0.2) is 24.5 Å². The van der Waals surface area contributed by atoms with Gasteiger partial charge in [0.1, 0.15) is 0 Å². The van der Waals surface area contributed by atoms with E-state index in [1.807, 2.05) is 0 Å². The molecule has 0 unspecified atom stereocenters. The Morgan fingerprint density at radius 1 is 1.36 bits per heavy atom. The summed E-state index contributed by atoms with van der Waals surface area (Å²) < 4.78 is 35.0. The summed E-state index contributed by atoms with van der Waals surface area (Å²) in [5, 5.41) is 8.46. The summed E-state index contributed by atoms with van der Waals surface area (Å²) in [4.78, 5) is 10.3. The molecule has 0 aliphatic heterocycles. The van der Waals surface area contributed by atoms with Crippen molar-refractivity contribution >= 4 is 11.7 Å². The average molecular weight is 211 g/mol. The summed E-state index contributed by atoms with van der Waals surface area (Å²) in [7, 11) is 0. The zero-order chi connectivity index (χ0) is 11.2. The minimum absolute atomic E-state index is 0.0963. The molecule has 0 fully saturated rings. The van der Waals surface area contributed by atoms with E-state index in [1.54, 1.807) is 0 Å². The number of nitrogens with one attached hydrogen (secondary N) is 2. The first-order valence-corrected chi connectivity index (χ1v) is 4.03. The van der Waals surface area contributed by atoms with Crippen molar-refractivity contribution in [1.82, 2.24) is 5.32 Å². The van der Waals surface area contributed by atoms with Crippen molar-refractivity contribution in [2.75, 3.05) is 6.54 Å². The molecule has 0 rings (SSSR count). The lowest BCUT2D eigenvalue weighted by Crippen LogP contribution is -2.40. The molecule has 0 aromatic heterocycles. The first-order chi connectivity index (χ1) is 6.38. The van der Waals surface area contributed by atoms with Crippen LogP contribution in [0.2, 0.25) is 0 Å². The minimum atomic E-state index is -4.93. The molecule has 0 heterocycles. The van der Waals surface area contributed by atoms with Crippen molar-refractivity contribution in [3.63, 3.8) is 0 Å². The van der Waals surface area contributed by atoms with Gasteiger partial charge in [-0.25, -0.2) is 0 Å². The maximum atomic E-state index is 11.7. The third kappa shape index (κ3) is 5.52. The maximum absolute atomic E-state index is 11.7. The highest BCUT2D eigenvalue weighted by Crippen LogP contribution is 2.14. The Labute approximate surface area is 79.2 Å². The molecule has 14 heavy (non-hydrogen) atoms. The topological polar surface area (TPSA) is 79.0 Å². The van der Waals surface area contributed by atoms with Gasteiger partial charge >= 0.3 is 12.1 Å². The third-order valence-electron chi connectivity index (χ3n) is 1.40. The molecule has 7 heteroatoms. The lowest BCUT2D eigenvalue weighted by atomic mass is 10.2. The third-order valence-corrected chi connectivity index (χ3v) is 1.40. The fourth-order valence-electron chi connectivity index (χ4n) is 0.717. The Balaban J connectivity index is 3.78. The average Bonchev–Trinajstić information content (AvgIpc) is 2.03. The van der Waals surface area contributed by atoms with Crippen molar-refractivity contribution in [2.45, 2.75) is 25.4 Å². The van der Waals surface area contributed by atoms with Crippen molar-refractivity contribution in [3.05, 3.63) is 0 Å². The molecule has 0 saturated carbocycles. The van der Waals surface area contributed by atoms with E-state index in [0.29, 0.717) is 19.4 Å². The quantitative estimate of drug-likeness (QED) is 0.365. The number of hydrogen-bond donors (Lipinski definition) is 3. The van der Waals surface area contributed by atoms with Gasteiger partial charge < -0.3 is 11.1 Å². The maximum Gasteiger partial charge on any atom is 0.471 e. The van der Waals surface area contributed by atoms with Crippen molar-refractivity contribution in [1.29, 1.82) is 5.41 Å². The number of unbranched alkanes of at least 4 members (excludes halogenated alkanes) is 1. The predicted octanol–water partition coefficient (Wildman–Crippen LogP) is 0.771. The molecular formula is C7H12F3N3O. The number of rotatable bonds is 4. The minimum Gasteiger partial charge on any atom is -0.330 e. The second-order valence-corrected chi connectivity index (χ2v) is 2.68. The molecule has 4 nitrogen and oxygen atoms in total. The van der Waals surface area contributed by atoms with E-state index in [4.69, 9.17) is 11.1 Å². The number of carbonyl (C=O) groups is 1. The molecule has 0 aromatic carbocycles. The van der Waals surface area contributed by atoms with Crippen molar-refractivity contribution < 1.29 is 18.0 Å². The number of amidine groups is 1. The number of halogens is 3. The number of amides is 1. The second-order valence-electron chi connectivity index (χ2n) is 2.68. The highest BCUT2D eigenvalue weighted by atomic mass is 19.4. The van der Waals surface area contributed by atoms with Gasteiger partial charge in [-0.15, -0.1) is 0 Å². The molecule has 0 bridgehead atoms. The molecule has 82 valence electrons. The summed E-state index contributed by atoms with van der Waals surface area (Å²) in [5.41, 5.74) is 5.15. The number of alkyl halides is 3. The Hall–Kier alpha value is -1.11. The Morgan fingerprint density at radius 2 is 1.93 bits per heavy atom. The fraction of sp³-hybridized carbons (Fsp3) is 0.714. The van der Waals surface area contributed by atoms with E-state index in [9.17, 15) is 18.0 Å². The van der Waals surface area contributed by atoms with E-state index in [2.05, 4.69) is 0 Å². The lowest BCUT2D eigenvalue weighted by molar-refractivity contribution is -0.171. The number of hydrogen-bond acceptors (Lipinski definition) is 3. The molecule has 1 amide bonds. The van der Waals surface area contributed by atoms with Gasteiger partial charge in [-0.05, 0) is 19.4 Å². The Bertz CT molecular complexity index is 215. The van der Waals surface area contributed by atoms with Crippen LogP contribution in [0.3, 0.4) is 0 Å². The fourth-order valence-corrected chi connectivity index (χ4v) is 0.717. The first-order valence-electron chi connectivity index (χ1n) is 4.03. The Kier molecular flexibility index (Phi) is 5.14. The predicted molar refractivity (Wildman–Crippen MR) is 44.8 cm³/mol. The van der Waals surface area contributed by atoms with Crippen LogP contribution in [0.1, 0.15) is 19.3 Å². The van der Waals surface area contributed by atoms with Gasteiger partial charge in [0.2, 0.25) is 0 Å². The van der Waals surface area contributed by atoms with E-state index >= 15 is 0 Å². The number of nitrogens with two attached hydrogens (primary N) is 1. The zero-order valence-corrected chi connectivity index (χ0v) is 7.45. The van der Waals surface area contributed by atoms with Crippen LogP contribution in [0, 0.1) is 5.41 Å². The van der Waals surface area contributed by atoms with E-state index < -0.39 is 17.9 Å². The van der Waals surface area contributed by atoms with Crippen LogP contribution in [0.4, 0.5) is 13.2 Å². The van der Waals surface area contributed by atoms with Crippen molar-refractivity contribution in [3.8, 4) is 0 Å². The summed E-state index contributed by atoms with van der Waals surface area (Å²) in [6.07, 6.45) is -3.73. The highest BCUT2D eigenvalue weighted by molar-refractivity contribution is 5.98. The van der Waals surface area contributed by atoms with Gasteiger partial charge in [0.15, 0.2) is 0 Å². The van der Waals surface area contributed by atoms with Gasteiger partial charge in [0.25, 0.3) is 0 Å². The van der Waals surface area contributed by atoms with Crippen LogP contribution in [0.15, 0.2) is 0 Å².